The number of aromatic nitrogens is 1. The van der Waals surface area contributed by atoms with Crippen molar-refractivity contribution in [3.05, 3.63) is 41.7 Å². The minimum atomic E-state index is 0.0928. The summed E-state index contributed by atoms with van der Waals surface area (Å²) in [6, 6.07) is 10.1. The van der Waals surface area contributed by atoms with Crippen molar-refractivity contribution >= 4 is 0 Å². The van der Waals surface area contributed by atoms with Gasteiger partial charge in [-0.2, -0.15) is 0 Å². The highest BCUT2D eigenvalue weighted by Crippen LogP contribution is 2.24. The van der Waals surface area contributed by atoms with E-state index in [1.807, 2.05) is 44.2 Å². The Morgan fingerprint density at radius 1 is 1.31 bits per heavy atom. The molecule has 0 amide bonds. The predicted octanol–water partition coefficient (Wildman–Crippen LogP) is 2.54. The number of rotatable bonds is 3. The zero-order valence-electron chi connectivity index (χ0n) is 9.60. The van der Waals surface area contributed by atoms with Gasteiger partial charge in [0, 0.05) is 23.6 Å². The van der Waals surface area contributed by atoms with Crippen LogP contribution in [-0.2, 0) is 6.42 Å². The number of nitrogens with zero attached hydrogens (tertiary/aromatic N) is 1. The molecule has 0 spiro atoms. The lowest BCUT2D eigenvalue weighted by molar-refractivity contribution is 0.377. The molecule has 1 aromatic heterocycles. The summed E-state index contributed by atoms with van der Waals surface area (Å²) in [5.41, 5.74) is 8.84. The molecular weight excluding hydrogens is 200 g/mol. The lowest BCUT2D eigenvalue weighted by atomic mass is 10.0. The third kappa shape index (κ3) is 2.14. The van der Waals surface area contributed by atoms with E-state index in [1.54, 1.807) is 0 Å². The van der Waals surface area contributed by atoms with E-state index >= 15 is 0 Å². The summed E-state index contributed by atoms with van der Waals surface area (Å²) >= 11 is 0. The van der Waals surface area contributed by atoms with Crippen molar-refractivity contribution in [2.45, 2.75) is 26.3 Å². The van der Waals surface area contributed by atoms with Gasteiger partial charge in [-0.15, -0.1) is 0 Å². The second-order valence-corrected chi connectivity index (χ2v) is 4.13. The Labute approximate surface area is 95.3 Å². The third-order valence-electron chi connectivity index (χ3n) is 2.58. The molecule has 84 valence electrons. The highest BCUT2D eigenvalue weighted by Gasteiger charge is 2.14. The first-order chi connectivity index (χ1) is 7.68. The van der Waals surface area contributed by atoms with Gasteiger partial charge in [-0.25, -0.2) is 0 Å². The summed E-state index contributed by atoms with van der Waals surface area (Å²) in [4.78, 5) is 0. The van der Waals surface area contributed by atoms with Crippen LogP contribution in [0.4, 0.5) is 0 Å². The molecule has 1 heterocycles. The van der Waals surface area contributed by atoms with E-state index in [9.17, 15) is 0 Å². The summed E-state index contributed by atoms with van der Waals surface area (Å²) < 4.78 is 5.33. The average molecular weight is 216 g/mol. The number of nitrogens with two attached hydrogens (primary N) is 1. The first-order valence-corrected chi connectivity index (χ1v) is 5.44. The van der Waals surface area contributed by atoms with Gasteiger partial charge < -0.3 is 10.3 Å². The molecule has 0 saturated heterocycles. The van der Waals surface area contributed by atoms with Crippen LogP contribution < -0.4 is 5.73 Å². The molecule has 0 aliphatic heterocycles. The van der Waals surface area contributed by atoms with Crippen molar-refractivity contribution in [2.24, 2.45) is 5.73 Å². The molecule has 2 rings (SSSR count). The van der Waals surface area contributed by atoms with Gasteiger partial charge in [-0.1, -0.05) is 35.5 Å². The molecule has 1 atom stereocenters. The molecule has 1 aromatic carbocycles. The largest absolute Gasteiger partial charge is 0.360 e. The van der Waals surface area contributed by atoms with Crippen LogP contribution in [0.25, 0.3) is 11.3 Å². The molecule has 0 bridgehead atoms. The normalized spacial score (nSPS) is 12.7. The fourth-order valence-corrected chi connectivity index (χ4v) is 1.72. The molecule has 3 heteroatoms. The van der Waals surface area contributed by atoms with Crippen LogP contribution in [0.1, 0.15) is 18.2 Å². The molecule has 2 N–H and O–H groups in total. The first-order valence-electron chi connectivity index (χ1n) is 5.44. The Balaban J connectivity index is 2.34. The number of benzene rings is 1. The topological polar surface area (TPSA) is 52.0 Å². The molecule has 0 fully saturated rings. The Morgan fingerprint density at radius 2 is 2.00 bits per heavy atom. The predicted molar refractivity (Wildman–Crippen MR) is 64.0 cm³/mol. The molecule has 16 heavy (non-hydrogen) atoms. The van der Waals surface area contributed by atoms with E-state index in [1.165, 1.54) is 0 Å². The van der Waals surface area contributed by atoms with Crippen LogP contribution in [-0.4, -0.2) is 11.2 Å². The lowest BCUT2D eigenvalue weighted by Gasteiger charge is -2.01. The van der Waals surface area contributed by atoms with Crippen molar-refractivity contribution in [1.29, 1.82) is 0 Å². The van der Waals surface area contributed by atoms with Crippen LogP contribution >= 0.6 is 0 Å². The summed E-state index contributed by atoms with van der Waals surface area (Å²) in [5, 5.41) is 4.11. The fourth-order valence-electron chi connectivity index (χ4n) is 1.72. The zero-order chi connectivity index (χ0) is 11.5. The van der Waals surface area contributed by atoms with Gasteiger partial charge in [0.05, 0.1) is 0 Å². The SMILES string of the molecule is Cc1c(-c2ccccc2)noc1CC(C)N. The molecular formula is C13H16N2O. The molecule has 0 radical (unpaired) electrons. The molecule has 1 unspecified atom stereocenters. The van der Waals surface area contributed by atoms with Gasteiger partial charge in [0.2, 0.25) is 0 Å². The van der Waals surface area contributed by atoms with Crippen LogP contribution in [0.5, 0.6) is 0 Å². The van der Waals surface area contributed by atoms with E-state index < -0.39 is 0 Å². The van der Waals surface area contributed by atoms with Crippen LogP contribution in [0.15, 0.2) is 34.9 Å². The van der Waals surface area contributed by atoms with Gasteiger partial charge in [0.25, 0.3) is 0 Å². The molecule has 0 aliphatic carbocycles. The summed E-state index contributed by atoms with van der Waals surface area (Å²) in [7, 11) is 0. The van der Waals surface area contributed by atoms with Crippen molar-refractivity contribution in [2.75, 3.05) is 0 Å². The highest BCUT2D eigenvalue weighted by atomic mass is 16.5. The molecule has 2 aromatic rings. The number of hydrogen-bond acceptors (Lipinski definition) is 3. The minimum absolute atomic E-state index is 0.0928. The quantitative estimate of drug-likeness (QED) is 0.857. The van der Waals surface area contributed by atoms with E-state index in [2.05, 4.69) is 5.16 Å². The van der Waals surface area contributed by atoms with E-state index in [-0.39, 0.29) is 6.04 Å². The van der Waals surface area contributed by atoms with Crippen molar-refractivity contribution in [3.63, 3.8) is 0 Å². The Hall–Kier alpha value is -1.61. The van der Waals surface area contributed by atoms with Crippen LogP contribution in [0.2, 0.25) is 0 Å². The summed E-state index contributed by atoms with van der Waals surface area (Å²) in [5.74, 6) is 0.883. The lowest BCUT2D eigenvalue weighted by Crippen LogP contribution is -2.17. The summed E-state index contributed by atoms with van der Waals surface area (Å²) in [6.07, 6.45) is 0.728. The van der Waals surface area contributed by atoms with Gasteiger partial charge in [0.1, 0.15) is 11.5 Å². The zero-order valence-corrected chi connectivity index (χ0v) is 9.60. The Morgan fingerprint density at radius 3 is 2.62 bits per heavy atom. The standard InChI is InChI=1S/C13H16N2O/c1-9(14)8-12-10(2)13(15-16-12)11-6-4-3-5-7-11/h3-7,9H,8,14H2,1-2H3. The van der Waals surface area contributed by atoms with Crippen molar-refractivity contribution < 1.29 is 4.52 Å². The van der Waals surface area contributed by atoms with E-state index in [0.717, 1.165) is 29.0 Å². The maximum Gasteiger partial charge on any atom is 0.141 e. The van der Waals surface area contributed by atoms with Crippen molar-refractivity contribution in [1.82, 2.24) is 5.16 Å². The van der Waals surface area contributed by atoms with E-state index in [0.29, 0.717) is 0 Å². The second-order valence-electron chi connectivity index (χ2n) is 4.13. The Kier molecular flexibility index (Phi) is 3.06. The van der Waals surface area contributed by atoms with Crippen LogP contribution in [0, 0.1) is 6.92 Å². The molecule has 0 aliphatic rings. The Bertz CT molecular complexity index is 460. The smallest absolute Gasteiger partial charge is 0.141 e. The maximum atomic E-state index is 5.75. The number of hydrogen-bond donors (Lipinski definition) is 1. The fraction of sp³-hybridized carbons (Fsp3) is 0.308. The maximum absolute atomic E-state index is 5.75. The van der Waals surface area contributed by atoms with Crippen LogP contribution in [0.3, 0.4) is 0 Å². The monoisotopic (exact) mass is 216 g/mol. The van der Waals surface area contributed by atoms with Gasteiger partial charge in [-0.05, 0) is 13.8 Å². The van der Waals surface area contributed by atoms with Crippen molar-refractivity contribution in [3.8, 4) is 11.3 Å². The van der Waals surface area contributed by atoms with Gasteiger partial charge in [-0.3, -0.25) is 0 Å². The van der Waals surface area contributed by atoms with Gasteiger partial charge >= 0.3 is 0 Å². The third-order valence-corrected chi connectivity index (χ3v) is 2.58. The minimum Gasteiger partial charge on any atom is -0.360 e. The molecule has 3 nitrogen and oxygen atoms in total. The average Bonchev–Trinajstić information content (AvgIpc) is 2.61. The molecule has 0 saturated carbocycles. The second kappa shape index (κ2) is 4.49. The summed E-state index contributed by atoms with van der Waals surface area (Å²) in [6.45, 7) is 3.99. The van der Waals surface area contributed by atoms with Gasteiger partial charge in [0.15, 0.2) is 0 Å². The first kappa shape index (κ1) is 10.9. The van der Waals surface area contributed by atoms with E-state index in [4.69, 9.17) is 10.3 Å². The highest BCUT2D eigenvalue weighted by molar-refractivity contribution is 5.62.